The molecule has 0 unspecified atom stereocenters. The molecule has 1 aromatic carbocycles. The maximum atomic E-state index is 14.4. The molecule has 2 aromatic heterocycles. The third-order valence-corrected chi connectivity index (χ3v) is 4.24. The van der Waals surface area contributed by atoms with E-state index >= 15 is 0 Å². The first-order valence-corrected chi connectivity index (χ1v) is 8.58. The first kappa shape index (κ1) is 18.8. The van der Waals surface area contributed by atoms with Crippen LogP contribution in [0.1, 0.15) is 34.7 Å². The lowest BCUT2D eigenvalue weighted by Crippen LogP contribution is -2.15. The average Bonchev–Trinajstić information content (AvgIpc) is 3.40. The zero-order valence-electron chi connectivity index (χ0n) is 14.6. The number of nitrogens with two attached hydrogens (primary N) is 1. The number of aliphatic hydroxyl groups is 2. The van der Waals surface area contributed by atoms with Crippen molar-refractivity contribution in [3.8, 4) is 0 Å². The maximum Gasteiger partial charge on any atom is 0.252 e. The summed E-state index contributed by atoms with van der Waals surface area (Å²) in [4.78, 5) is 15.7. The number of pyridine rings is 1. The summed E-state index contributed by atoms with van der Waals surface area (Å²) in [6.45, 7) is -0.250. The van der Waals surface area contributed by atoms with E-state index in [2.05, 4.69) is 10.3 Å². The van der Waals surface area contributed by atoms with Crippen molar-refractivity contribution in [2.24, 2.45) is 5.73 Å². The minimum atomic E-state index is -0.585. The molecule has 1 aliphatic rings. The Kier molecular flexibility index (Phi) is 5.68. The molecule has 0 saturated heterocycles. The Hall–Kier alpha value is -2.97. The number of fused-ring (bicyclic) bond motifs is 1. The number of amides is 1. The van der Waals surface area contributed by atoms with Gasteiger partial charge in [-0.1, -0.05) is 6.07 Å². The molecule has 0 aliphatic heterocycles. The molecule has 4 rings (SSSR count). The van der Waals surface area contributed by atoms with E-state index in [0.717, 1.165) is 23.9 Å². The lowest BCUT2D eigenvalue weighted by molar-refractivity contribution is 0.100. The molecule has 3 aromatic rings. The maximum absolute atomic E-state index is 14.4. The molecule has 5 N–H and O–H groups in total. The number of imidazole rings is 1. The number of benzene rings is 1. The molecule has 7 nitrogen and oxygen atoms in total. The lowest BCUT2D eigenvalue weighted by Gasteiger charge is -2.14. The SMILES string of the molecule is NC(=O)c1ccc2cncn2c1Nc1ccc(C2CC2)cc1F.OCCO. The van der Waals surface area contributed by atoms with Crippen molar-refractivity contribution in [1.29, 1.82) is 0 Å². The number of primary amides is 1. The summed E-state index contributed by atoms with van der Waals surface area (Å²) < 4.78 is 16.1. The number of halogens is 1. The Morgan fingerprint density at radius 2 is 2.00 bits per heavy atom. The molecule has 142 valence electrons. The van der Waals surface area contributed by atoms with E-state index in [4.69, 9.17) is 15.9 Å². The van der Waals surface area contributed by atoms with E-state index in [9.17, 15) is 9.18 Å². The summed E-state index contributed by atoms with van der Waals surface area (Å²) >= 11 is 0. The standard InChI is InChI=1S/C17H15FN4O.C2H6O2/c18-14-7-11(10-1-2-10)3-6-15(14)21-17-13(16(19)23)5-4-12-8-20-9-22(12)17;3-1-2-4/h3-10,21H,1-2H2,(H2,19,23);3-4H,1-2H2. The van der Waals surface area contributed by atoms with Gasteiger partial charge in [0.1, 0.15) is 18.0 Å². The second-order valence-corrected chi connectivity index (χ2v) is 6.23. The number of rotatable bonds is 5. The number of carbonyl (C=O) groups excluding carboxylic acids is 1. The van der Waals surface area contributed by atoms with Gasteiger partial charge in [0.15, 0.2) is 0 Å². The topological polar surface area (TPSA) is 113 Å². The summed E-state index contributed by atoms with van der Waals surface area (Å²) in [5.74, 6) is -0.0394. The number of hydrogen-bond acceptors (Lipinski definition) is 5. The molecular weight excluding hydrogens is 351 g/mol. The predicted molar refractivity (Wildman–Crippen MR) is 99.5 cm³/mol. The number of aromatic nitrogens is 2. The second-order valence-electron chi connectivity index (χ2n) is 6.23. The van der Waals surface area contributed by atoms with Gasteiger partial charge in [0, 0.05) is 0 Å². The van der Waals surface area contributed by atoms with Gasteiger partial charge in [0.05, 0.1) is 36.2 Å². The Morgan fingerprint density at radius 3 is 2.59 bits per heavy atom. The smallest absolute Gasteiger partial charge is 0.252 e. The Bertz CT molecular complexity index is 951. The van der Waals surface area contributed by atoms with Gasteiger partial charge in [-0.2, -0.15) is 0 Å². The van der Waals surface area contributed by atoms with Crippen LogP contribution in [0.2, 0.25) is 0 Å². The highest BCUT2D eigenvalue weighted by molar-refractivity contribution is 5.99. The Balaban J connectivity index is 0.000000481. The van der Waals surface area contributed by atoms with Crippen LogP contribution < -0.4 is 11.1 Å². The van der Waals surface area contributed by atoms with Gasteiger partial charge in [-0.05, 0) is 48.6 Å². The minimum Gasteiger partial charge on any atom is -0.394 e. The second kappa shape index (κ2) is 8.15. The monoisotopic (exact) mass is 372 g/mol. The normalized spacial score (nSPS) is 13.1. The van der Waals surface area contributed by atoms with Gasteiger partial charge in [-0.3, -0.25) is 9.20 Å². The van der Waals surface area contributed by atoms with E-state index in [1.807, 2.05) is 6.07 Å². The van der Waals surface area contributed by atoms with Crippen molar-refractivity contribution in [2.45, 2.75) is 18.8 Å². The van der Waals surface area contributed by atoms with E-state index in [1.165, 1.54) is 0 Å². The predicted octanol–water partition coefficient (Wildman–Crippen LogP) is 2.16. The van der Waals surface area contributed by atoms with Crippen molar-refractivity contribution >= 4 is 22.9 Å². The molecule has 1 aliphatic carbocycles. The van der Waals surface area contributed by atoms with Crippen molar-refractivity contribution in [3.05, 3.63) is 59.8 Å². The largest absolute Gasteiger partial charge is 0.394 e. The number of nitrogens with zero attached hydrogens (tertiary/aromatic N) is 2. The highest BCUT2D eigenvalue weighted by Crippen LogP contribution is 2.41. The zero-order chi connectivity index (χ0) is 19.4. The summed E-state index contributed by atoms with van der Waals surface area (Å²) in [6, 6.07) is 8.52. The molecule has 27 heavy (non-hydrogen) atoms. The van der Waals surface area contributed by atoms with Gasteiger partial charge >= 0.3 is 0 Å². The fourth-order valence-corrected chi connectivity index (χ4v) is 2.75. The first-order chi connectivity index (χ1) is 13.0. The highest BCUT2D eigenvalue weighted by atomic mass is 19.1. The molecule has 8 heteroatoms. The van der Waals surface area contributed by atoms with Crippen LogP contribution in [0, 0.1) is 5.82 Å². The molecule has 0 spiro atoms. The summed E-state index contributed by atoms with van der Waals surface area (Å²) in [6.07, 6.45) is 5.45. The molecule has 1 amide bonds. The summed E-state index contributed by atoms with van der Waals surface area (Å²) in [5.41, 5.74) is 7.82. The number of aliphatic hydroxyl groups excluding tert-OH is 2. The van der Waals surface area contributed by atoms with Gasteiger partial charge < -0.3 is 21.3 Å². The van der Waals surface area contributed by atoms with Crippen molar-refractivity contribution < 1.29 is 19.4 Å². The van der Waals surface area contributed by atoms with Crippen LogP contribution in [0.25, 0.3) is 5.52 Å². The van der Waals surface area contributed by atoms with Crippen molar-refractivity contribution in [2.75, 3.05) is 18.5 Å². The third kappa shape index (κ3) is 4.24. The zero-order valence-corrected chi connectivity index (χ0v) is 14.6. The molecule has 0 bridgehead atoms. The Morgan fingerprint density at radius 1 is 1.26 bits per heavy atom. The van der Waals surface area contributed by atoms with Gasteiger partial charge in [-0.25, -0.2) is 9.37 Å². The fraction of sp³-hybridized carbons (Fsp3) is 0.263. The van der Waals surface area contributed by atoms with Crippen molar-refractivity contribution in [3.63, 3.8) is 0 Å². The number of carbonyl (C=O) groups is 1. The molecule has 0 atom stereocenters. The highest BCUT2D eigenvalue weighted by Gasteiger charge is 2.24. The van der Waals surface area contributed by atoms with Crippen LogP contribution in [-0.4, -0.2) is 38.7 Å². The van der Waals surface area contributed by atoms with Crippen LogP contribution in [0.15, 0.2) is 42.9 Å². The lowest BCUT2D eigenvalue weighted by atomic mass is 10.1. The van der Waals surface area contributed by atoms with Gasteiger partial charge in [-0.15, -0.1) is 0 Å². The van der Waals surface area contributed by atoms with Crippen LogP contribution in [0.4, 0.5) is 15.9 Å². The van der Waals surface area contributed by atoms with Crippen molar-refractivity contribution in [1.82, 2.24) is 9.38 Å². The average molecular weight is 372 g/mol. The first-order valence-electron chi connectivity index (χ1n) is 8.58. The van der Waals surface area contributed by atoms with E-state index in [0.29, 0.717) is 17.4 Å². The summed E-state index contributed by atoms with van der Waals surface area (Å²) in [7, 11) is 0. The van der Waals surface area contributed by atoms with Gasteiger partial charge in [0.2, 0.25) is 0 Å². The van der Waals surface area contributed by atoms with E-state index < -0.39 is 5.91 Å². The fourth-order valence-electron chi connectivity index (χ4n) is 2.75. The Labute approximate surface area is 155 Å². The van der Waals surface area contributed by atoms with E-state index in [1.54, 1.807) is 41.2 Å². The van der Waals surface area contributed by atoms with Crippen LogP contribution in [-0.2, 0) is 0 Å². The quantitative estimate of drug-likeness (QED) is 0.548. The molecule has 1 fully saturated rings. The minimum absolute atomic E-state index is 0.125. The number of anilines is 2. The number of nitrogens with one attached hydrogen (secondary N) is 1. The molecule has 2 heterocycles. The molecular formula is C19H21FN4O3. The molecule has 1 saturated carbocycles. The van der Waals surface area contributed by atoms with E-state index in [-0.39, 0.29) is 24.6 Å². The molecule has 0 radical (unpaired) electrons. The van der Waals surface area contributed by atoms with Crippen LogP contribution in [0.5, 0.6) is 0 Å². The third-order valence-electron chi connectivity index (χ3n) is 4.24. The van der Waals surface area contributed by atoms with Crippen LogP contribution in [0.3, 0.4) is 0 Å². The number of hydrogen-bond donors (Lipinski definition) is 4. The van der Waals surface area contributed by atoms with Crippen LogP contribution >= 0.6 is 0 Å². The van der Waals surface area contributed by atoms with Gasteiger partial charge in [0.25, 0.3) is 5.91 Å². The summed E-state index contributed by atoms with van der Waals surface area (Å²) in [5, 5.41) is 18.2.